The molecule has 0 bridgehead atoms. The topological polar surface area (TPSA) is 90.5 Å². The first-order chi connectivity index (χ1) is 18.6. The Morgan fingerprint density at radius 3 is 1.47 bits per heavy atom. The summed E-state index contributed by atoms with van der Waals surface area (Å²) in [7, 11) is 3.11. The molecule has 5 aromatic carbocycles. The van der Waals surface area contributed by atoms with Crippen LogP contribution in [0.5, 0.6) is 23.0 Å². The van der Waals surface area contributed by atoms with Crippen molar-refractivity contribution >= 4 is 43.6 Å². The van der Waals surface area contributed by atoms with E-state index in [9.17, 15) is 10.2 Å². The normalized spacial score (nSPS) is 11.6. The number of H-pyrrole nitrogens is 2. The van der Waals surface area contributed by atoms with Gasteiger partial charge in [-0.05, 0) is 47.5 Å². The fourth-order valence-corrected chi connectivity index (χ4v) is 5.67. The second-order valence-corrected chi connectivity index (χ2v) is 9.36. The Morgan fingerprint density at radius 2 is 1.00 bits per heavy atom. The van der Waals surface area contributed by atoms with Gasteiger partial charge in [0.1, 0.15) is 0 Å². The SMILES string of the molecule is COc1cc(-c2c3[nH]c4ccccc4c3c(-c3ccc(O)c(OC)c3)c3c2[nH]c2ccccc23)ccc1O. The van der Waals surface area contributed by atoms with Crippen molar-refractivity contribution < 1.29 is 19.7 Å². The summed E-state index contributed by atoms with van der Waals surface area (Å²) in [5, 5.41) is 25.0. The number of ether oxygens (including phenoxy) is 2. The third-order valence-electron chi connectivity index (χ3n) is 7.35. The number of nitrogens with one attached hydrogen (secondary N) is 2. The smallest absolute Gasteiger partial charge is 0.161 e. The Labute approximate surface area is 217 Å². The Bertz CT molecular complexity index is 1940. The first-order valence-electron chi connectivity index (χ1n) is 12.3. The molecule has 0 radical (unpaired) electrons. The van der Waals surface area contributed by atoms with Crippen LogP contribution >= 0.6 is 0 Å². The minimum Gasteiger partial charge on any atom is -0.504 e. The molecule has 0 saturated carbocycles. The summed E-state index contributed by atoms with van der Waals surface area (Å²) in [6.07, 6.45) is 0. The summed E-state index contributed by atoms with van der Waals surface area (Å²) in [6, 6.07) is 27.4. The van der Waals surface area contributed by atoms with Gasteiger partial charge in [-0.1, -0.05) is 48.5 Å². The summed E-state index contributed by atoms with van der Waals surface area (Å²) >= 11 is 0. The van der Waals surface area contributed by atoms with Crippen molar-refractivity contribution in [2.75, 3.05) is 14.2 Å². The molecule has 0 spiro atoms. The molecule has 7 aromatic rings. The molecule has 6 nitrogen and oxygen atoms in total. The maximum atomic E-state index is 10.4. The molecule has 186 valence electrons. The molecule has 0 unspecified atom stereocenters. The van der Waals surface area contributed by atoms with Gasteiger partial charge in [0.15, 0.2) is 23.0 Å². The van der Waals surface area contributed by atoms with Gasteiger partial charge in [0, 0.05) is 43.7 Å². The van der Waals surface area contributed by atoms with Crippen LogP contribution in [-0.4, -0.2) is 34.4 Å². The second-order valence-electron chi connectivity index (χ2n) is 9.36. The highest BCUT2D eigenvalue weighted by molar-refractivity contribution is 6.32. The van der Waals surface area contributed by atoms with Gasteiger partial charge in [-0.25, -0.2) is 0 Å². The standard InChI is InChI=1S/C32H24N2O4/c1-37-25-15-17(11-13-23(25)35)27-29-19-7-3-5-9-21(19)33-31(29)28(18-12-14-24(36)26(16-18)38-2)32-30(27)20-8-4-6-10-22(20)34-32/h3-16,33-36H,1-2H3. The number of hydrogen-bond donors (Lipinski definition) is 4. The number of fused-ring (bicyclic) bond motifs is 6. The monoisotopic (exact) mass is 500 g/mol. The van der Waals surface area contributed by atoms with Gasteiger partial charge >= 0.3 is 0 Å². The average Bonchev–Trinajstić information content (AvgIpc) is 3.51. The lowest BCUT2D eigenvalue weighted by molar-refractivity contribution is 0.373. The second kappa shape index (κ2) is 8.21. The summed E-state index contributed by atoms with van der Waals surface area (Å²) in [4.78, 5) is 7.36. The lowest BCUT2D eigenvalue weighted by Crippen LogP contribution is -1.91. The van der Waals surface area contributed by atoms with Gasteiger partial charge in [0.25, 0.3) is 0 Å². The molecule has 4 N–H and O–H groups in total. The predicted molar refractivity (Wildman–Crippen MR) is 152 cm³/mol. The van der Waals surface area contributed by atoms with Gasteiger partial charge in [-0.2, -0.15) is 0 Å². The van der Waals surface area contributed by atoms with E-state index in [0.717, 1.165) is 65.9 Å². The number of phenolic OH excluding ortho intramolecular Hbond substituents is 2. The van der Waals surface area contributed by atoms with Crippen LogP contribution in [0.25, 0.3) is 65.9 Å². The maximum absolute atomic E-state index is 10.4. The Kier molecular flexibility index (Phi) is 4.78. The van der Waals surface area contributed by atoms with E-state index < -0.39 is 0 Å². The van der Waals surface area contributed by atoms with Gasteiger partial charge in [0.05, 0.1) is 25.3 Å². The van der Waals surface area contributed by atoms with Crippen LogP contribution in [0.3, 0.4) is 0 Å². The van der Waals surface area contributed by atoms with Crippen molar-refractivity contribution in [2.45, 2.75) is 0 Å². The third-order valence-corrected chi connectivity index (χ3v) is 7.35. The van der Waals surface area contributed by atoms with Crippen molar-refractivity contribution in [2.24, 2.45) is 0 Å². The van der Waals surface area contributed by atoms with Gasteiger partial charge in [-0.3, -0.25) is 0 Å². The molecule has 0 amide bonds. The van der Waals surface area contributed by atoms with Crippen molar-refractivity contribution in [3.05, 3.63) is 84.9 Å². The molecule has 0 aliphatic carbocycles. The van der Waals surface area contributed by atoms with E-state index in [1.165, 1.54) is 0 Å². The zero-order chi connectivity index (χ0) is 26.0. The molecule has 0 aliphatic heterocycles. The van der Waals surface area contributed by atoms with Crippen LogP contribution in [0, 0.1) is 0 Å². The zero-order valence-corrected chi connectivity index (χ0v) is 20.8. The van der Waals surface area contributed by atoms with Crippen molar-refractivity contribution in [1.82, 2.24) is 9.97 Å². The third kappa shape index (κ3) is 3.07. The highest BCUT2D eigenvalue weighted by atomic mass is 16.5. The molecule has 7 rings (SSSR count). The molecule has 6 heteroatoms. The van der Waals surface area contributed by atoms with E-state index in [0.29, 0.717) is 11.5 Å². The van der Waals surface area contributed by atoms with Gasteiger partial charge < -0.3 is 29.7 Å². The van der Waals surface area contributed by atoms with E-state index in [1.807, 2.05) is 48.5 Å². The summed E-state index contributed by atoms with van der Waals surface area (Å²) in [5.41, 5.74) is 7.80. The minimum absolute atomic E-state index is 0.0878. The fraction of sp³-hybridized carbons (Fsp3) is 0.0625. The van der Waals surface area contributed by atoms with Crippen LogP contribution in [0.4, 0.5) is 0 Å². The van der Waals surface area contributed by atoms with E-state index in [2.05, 4.69) is 34.2 Å². The Morgan fingerprint density at radius 1 is 0.553 bits per heavy atom. The molecule has 38 heavy (non-hydrogen) atoms. The highest BCUT2D eigenvalue weighted by Gasteiger charge is 2.24. The predicted octanol–water partition coefficient (Wildman–Crippen LogP) is 7.72. The van der Waals surface area contributed by atoms with Crippen molar-refractivity contribution in [3.8, 4) is 45.3 Å². The van der Waals surface area contributed by atoms with Crippen LogP contribution in [0.15, 0.2) is 84.9 Å². The first-order valence-corrected chi connectivity index (χ1v) is 12.3. The highest BCUT2D eigenvalue weighted by Crippen LogP contribution is 2.49. The number of para-hydroxylation sites is 2. The number of phenols is 2. The molecule has 0 aliphatic rings. The number of aromatic nitrogens is 2. The number of benzene rings is 5. The fourth-order valence-electron chi connectivity index (χ4n) is 5.67. The van der Waals surface area contributed by atoms with E-state index in [1.54, 1.807) is 26.4 Å². The minimum atomic E-state index is 0.0878. The Balaban J connectivity index is 1.76. The zero-order valence-electron chi connectivity index (χ0n) is 20.8. The summed E-state index contributed by atoms with van der Waals surface area (Å²) < 4.78 is 11.0. The van der Waals surface area contributed by atoms with E-state index in [4.69, 9.17) is 9.47 Å². The lowest BCUT2D eigenvalue weighted by atomic mass is 9.89. The van der Waals surface area contributed by atoms with Gasteiger partial charge in [-0.15, -0.1) is 0 Å². The largest absolute Gasteiger partial charge is 0.504 e. The molecular formula is C32H24N2O4. The number of rotatable bonds is 4. The molecule has 2 aromatic heterocycles. The number of aromatic amines is 2. The van der Waals surface area contributed by atoms with Crippen LogP contribution < -0.4 is 9.47 Å². The summed E-state index contributed by atoms with van der Waals surface area (Å²) in [5.74, 6) is 0.999. The van der Waals surface area contributed by atoms with E-state index >= 15 is 0 Å². The van der Waals surface area contributed by atoms with Crippen molar-refractivity contribution in [1.29, 1.82) is 0 Å². The number of methoxy groups -OCH3 is 2. The molecule has 0 saturated heterocycles. The van der Waals surface area contributed by atoms with Crippen LogP contribution in [0.1, 0.15) is 0 Å². The quantitative estimate of drug-likeness (QED) is 0.199. The van der Waals surface area contributed by atoms with Crippen molar-refractivity contribution in [3.63, 3.8) is 0 Å². The molecule has 0 fully saturated rings. The Hall–Kier alpha value is -5.10. The van der Waals surface area contributed by atoms with Gasteiger partial charge in [0.2, 0.25) is 0 Å². The summed E-state index contributed by atoms with van der Waals surface area (Å²) in [6.45, 7) is 0. The van der Waals surface area contributed by atoms with E-state index in [-0.39, 0.29) is 11.5 Å². The first kappa shape index (κ1) is 22.1. The number of aromatic hydroxyl groups is 2. The van der Waals surface area contributed by atoms with Crippen LogP contribution in [-0.2, 0) is 0 Å². The maximum Gasteiger partial charge on any atom is 0.161 e. The molecule has 0 atom stereocenters. The molecule has 2 heterocycles. The average molecular weight is 501 g/mol. The number of hydrogen-bond acceptors (Lipinski definition) is 4. The van der Waals surface area contributed by atoms with Crippen LogP contribution in [0.2, 0.25) is 0 Å². The molecular weight excluding hydrogens is 476 g/mol. The lowest BCUT2D eigenvalue weighted by Gasteiger charge is -2.15.